The highest BCUT2D eigenvalue weighted by Crippen LogP contribution is 1.97. The van der Waals surface area contributed by atoms with Gasteiger partial charge < -0.3 is 5.73 Å². The molecule has 1 nitrogen and oxygen atoms in total. The molecule has 0 aromatic heterocycles. The van der Waals surface area contributed by atoms with Crippen molar-refractivity contribution >= 4 is 0 Å². The van der Waals surface area contributed by atoms with Crippen molar-refractivity contribution in [3.63, 3.8) is 0 Å². The van der Waals surface area contributed by atoms with Gasteiger partial charge in [0.05, 0.1) is 0 Å². The highest BCUT2D eigenvalue weighted by molar-refractivity contribution is 5.19. The lowest BCUT2D eigenvalue weighted by molar-refractivity contribution is 0.883. The highest BCUT2D eigenvalue weighted by Gasteiger charge is 1.93. The second kappa shape index (κ2) is 3.44. The van der Waals surface area contributed by atoms with Crippen molar-refractivity contribution < 1.29 is 0 Å². The van der Waals surface area contributed by atoms with Gasteiger partial charge in [-0.1, -0.05) is 18.7 Å². The monoisotopic (exact) mass is 111 g/mol. The Hall–Kier alpha value is -0.560. The molecule has 2 N–H and O–H groups in total. The molecule has 0 aliphatic heterocycles. The Bertz CT molecular complexity index is 101. The minimum absolute atomic E-state index is 0.123. The van der Waals surface area contributed by atoms with Crippen LogP contribution in [0.15, 0.2) is 24.3 Å². The standard InChI is InChI=1S/C7H13N/c1-4-7(5-2)6(3)8/h4-6H,1,8H2,2-3H3/b7-5+. The van der Waals surface area contributed by atoms with E-state index in [4.69, 9.17) is 5.73 Å². The molecule has 1 unspecified atom stereocenters. The minimum atomic E-state index is 0.123. The second-order valence-corrected chi connectivity index (χ2v) is 1.78. The molecule has 0 aliphatic rings. The Labute approximate surface area is 50.9 Å². The van der Waals surface area contributed by atoms with Crippen LogP contribution in [-0.2, 0) is 0 Å². The average Bonchev–Trinajstić information content (AvgIpc) is 1.69. The summed E-state index contributed by atoms with van der Waals surface area (Å²) in [7, 11) is 0. The molecule has 0 saturated heterocycles. The van der Waals surface area contributed by atoms with E-state index in [1.54, 1.807) is 6.08 Å². The lowest BCUT2D eigenvalue weighted by Gasteiger charge is -2.02. The molecule has 46 valence electrons. The van der Waals surface area contributed by atoms with Gasteiger partial charge in [0.25, 0.3) is 0 Å². The summed E-state index contributed by atoms with van der Waals surface area (Å²) in [4.78, 5) is 0. The minimum Gasteiger partial charge on any atom is -0.324 e. The first-order chi connectivity index (χ1) is 3.72. The van der Waals surface area contributed by atoms with Crippen LogP contribution in [0.1, 0.15) is 13.8 Å². The van der Waals surface area contributed by atoms with Crippen LogP contribution in [0, 0.1) is 0 Å². The van der Waals surface area contributed by atoms with Crippen molar-refractivity contribution in [3.05, 3.63) is 24.3 Å². The quantitative estimate of drug-likeness (QED) is 0.536. The average molecular weight is 111 g/mol. The number of allylic oxidation sites excluding steroid dienone is 1. The molecule has 0 radical (unpaired) electrons. The van der Waals surface area contributed by atoms with E-state index in [2.05, 4.69) is 6.58 Å². The van der Waals surface area contributed by atoms with Gasteiger partial charge in [-0.25, -0.2) is 0 Å². The van der Waals surface area contributed by atoms with Crippen molar-refractivity contribution in [2.75, 3.05) is 0 Å². The Balaban J connectivity index is 3.91. The van der Waals surface area contributed by atoms with Crippen LogP contribution in [0.25, 0.3) is 0 Å². The first-order valence-electron chi connectivity index (χ1n) is 2.76. The molecule has 0 heterocycles. The molecule has 0 aromatic carbocycles. The number of nitrogens with two attached hydrogens (primary N) is 1. The fourth-order valence-electron chi connectivity index (χ4n) is 0.567. The summed E-state index contributed by atoms with van der Waals surface area (Å²) in [6, 6.07) is 0.123. The van der Waals surface area contributed by atoms with Crippen LogP contribution in [-0.4, -0.2) is 6.04 Å². The van der Waals surface area contributed by atoms with Crippen molar-refractivity contribution in [1.29, 1.82) is 0 Å². The maximum absolute atomic E-state index is 5.52. The van der Waals surface area contributed by atoms with E-state index in [-0.39, 0.29) is 6.04 Å². The summed E-state index contributed by atoms with van der Waals surface area (Å²) >= 11 is 0. The van der Waals surface area contributed by atoms with Gasteiger partial charge in [-0.2, -0.15) is 0 Å². The van der Waals surface area contributed by atoms with Gasteiger partial charge in [-0.15, -0.1) is 0 Å². The zero-order valence-corrected chi connectivity index (χ0v) is 5.52. The molecule has 0 amide bonds. The maximum atomic E-state index is 5.52. The lowest BCUT2D eigenvalue weighted by Crippen LogP contribution is -2.16. The van der Waals surface area contributed by atoms with Crippen molar-refractivity contribution in [3.8, 4) is 0 Å². The number of hydrogen-bond donors (Lipinski definition) is 1. The van der Waals surface area contributed by atoms with Crippen LogP contribution in [0.5, 0.6) is 0 Å². The first kappa shape index (κ1) is 7.44. The van der Waals surface area contributed by atoms with Gasteiger partial charge in [0.1, 0.15) is 0 Å². The van der Waals surface area contributed by atoms with Crippen LogP contribution in [0.4, 0.5) is 0 Å². The largest absolute Gasteiger partial charge is 0.324 e. The van der Waals surface area contributed by atoms with E-state index in [0.717, 1.165) is 5.57 Å². The first-order valence-corrected chi connectivity index (χ1v) is 2.76. The molecule has 8 heavy (non-hydrogen) atoms. The Morgan fingerprint density at radius 3 is 2.25 bits per heavy atom. The molecule has 0 aliphatic carbocycles. The topological polar surface area (TPSA) is 26.0 Å². The molecular formula is C7H13N. The van der Waals surface area contributed by atoms with Gasteiger partial charge in [-0.05, 0) is 19.4 Å². The normalized spacial score (nSPS) is 15.6. The van der Waals surface area contributed by atoms with Crippen molar-refractivity contribution in [2.45, 2.75) is 19.9 Å². The molecule has 0 fully saturated rings. The maximum Gasteiger partial charge on any atom is 0.0262 e. The number of hydrogen-bond acceptors (Lipinski definition) is 1. The van der Waals surface area contributed by atoms with Crippen LogP contribution in [0.3, 0.4) is 0 Å². The van der Waals surface area contributed by atoms with E-state index >= 15 is 0 Å². The van der Waals surface area contributed by atoms with Gasteiger partial charge in [0, 0.05) is 6.04 Å². The van der Waals surface area contributed by atoms with Crippen LogP contribution < -0.4 is 5.73 Å². The van der Waals surface area contributed by atoms with E-state index in [1.165, 1.54) is 0 Å². The fourth-order valence-corrected chi connectivity index (χ4v) is 0.567. The number of rotatable bonds is 2. The highest BCUT2D eigenvalue weighted by atomic mass is 14.6. The van der Waals surface area contributed by atoms with Crippen molar-refractivity contribution in [1.82, 2.24) is 0 Å². The Kier molecular flexibility index (Phi) is 3.20. The van der Waals surface area contributed by atoms with Crippen LogP contribution >= 0.6 is 0 Å². The predicted octanol–water partition coefficient (Wildman–Crippen LogP) is 1.47. The van der Waals surface area contributed by atoms with E-state index in [9.17, 15) is 0 Å². The molecular weight excluding hydrogens is 98.1 g/mol. The predicted molar refractivity (Wildman–Crippen MR) is 37.6 cm³/mol. The zero-order chi connectivity index (χ0) is 6.57. The van der Waals surface area contributed by atoms with Crippen molar-refractivity contribution in [2.24, 2.45) is 5.73 Å². The third kappa shape index (κ3) is 1.94. The summed E-state index contributed by atoms with van der Waals surface area (Å²) < 4.78 is 0. The summed E-state index contributed by atoms with van der Waals surface area (Å²) in [5, 5.41) is 0. The van der Waals surface area contributed by atoms with Gasteiger partial charge in [-0.3, -0.25) is 0 Å². The lowest BCUT2D eigenvalue weighted by atomic mass is 10.1. The zero-order valence-electron chi connectivity index (χ0n) is 5.52. The summed E-state index contributed by atoms with van der Waals surface area (Å²) in [6.07, 6.45) is 3.75. The smallest absolute Gasteiger partial charge is 0.0262 e. The van der Waals surface area contributed by atoms with E-state index < -0.39 is 0 Å². The van der Waals surface area contributed by atoms with Crippen LogP contribution in [0.2, 0.25) is 0 Å². The summed E-state index contributed by atoms with van der Waals surface area (Å²) in [5.41, 5.74) is 6.62. The molecule has 0 bridgehead atoms. The fraction of sp³-hybridized carbons (Fsp3) is 0.429. The molecule has 0 saturated carbocycles. The SMILES string of the molecule is C=C/C(=C\C)C(C)N. The van der Waals surface area contributed by atoms with Gasteiger partial charge in [0.2, 0.25) is 0 Å². The Morgan fingerprint density at radius 2 is 2.25 bits per heavy atom. The molecule has 1 atom stereocenters. The van der Waals surface area contributed by atoms with Gasteiger partial charge >= 0.3 is 0 Å². The summed E-state index contributed by atoms with van der Waals surface area (Å²) in [6.45, 7) is 7.51. The van der Waals surface area contributed by atoms with E-state index in [0.29, 0.717) is 0 Å². The summed E-state index contributed by atoms with van der Waals surface area (Å²) in [5.74, 6) is 0. The molecule has 0 aromatic rings. The second-order valence-electron chi connectivity index (χ2n) is 1.78. The Morgan fingerprint density at radius 1 is 1.75 bits per heavy atom. The third-order valence-corrected chi connectivity index (χ3v) is 1.09. The molecule has 0 spiro atoms. The van der Waals surface area contributed by atoms with Gasteiger partial charge in [0.15, 0.2) is 0 Å². The molecule has 0 rings (SSSR count). The molecule has 1 heteroatoms. The van der Waals surface area contributed by atoms with E-state index in [1.807, 2.05) is 19.9 Å². The third-order valence-electron chi connectivity index (χ3n) is 1.09.